The number of aromatic nitrogens is 3. The lowest BCUT2D eigenvalue weighted by atomic mass is 10.1. The number of anilines is 1. The van der Waals surface area contributed by atoms with Gasteiger partial charge in [0.25, 0.3) is 0 Å². The summed E-state index contributed by atoms with van der Waals surface area (Å²) in [4.78, 5) is 29.2. The van der Waals surface area contributed by atoms with E-state index in [1.165, 1.54) is 39.1 Å². The van der Waals surface area contributed by atoms with Crippen LogP contribution in [0.2, 0.25) is 0 Å². The first kappa shape index (κ1) is 23.6. The Bertz CT molecular complexity index is 1270. The van der Waals surface area contributed by atoms with Gasteiger partial charge in [0, 0.05) is 17.1 Å². The Morgan fingerprint density at radius 2 is 1.94 bits per heavy atom. The molecule has 0 unspecified atom stereocenters. The number of thiophene rings is 1. The van der Waals surface area contributed by atoms with Crippen molar-refractivity contribution in [3.63, 3.8) is 0 Å². The van der Waals surface area contributed by atoms with Crippen LogP contribution in [0.25, 0.3) is 11.0 Å². The van der Waals surface area contributed by atoms with Crippen LogP contribution in [0.5, 0.6) is 0 Å². The zero-order valence-corrected chi connectivity index (χ0v) is 19.8. The number of benzene rings is 2. The Balaban J connectivity index is 1.72. The van der Waals surface area contributed by atoms with Gasteiger partial charge in [-0.3, -0.25) is 14.5 Å². The molecule has 4 aromatic rings. The van der Waals surface area contributed by atoms with Crippen LogP contribution >= 0.6 is 11.3 Å². The zero-order chi connectivity index (χ0) is 24.1. The standard InChI is InChI=1S/C25H26FN5O2S/c1-17(2)12-13-27-25(33)24(22-11-6-14-34-22)31(19-8-5-7-18(26)15-19)23(32)16-30-21-10-4-3-9-20(21)28-29-30/h3-11,14-15,17,24H,12-13,16H2,1-2H3,(H,27,33)/t24-/m1/s1. The first-order chi connectivity index (χ1) is 16.4. The molecule has 34 heavy (non-hydrogen) atoms. The summed E-state index contributed by atoms with van der Waals surface area (Å²) in [5.74, 6) is -0.795. The molecule has 1 N–H and O–H groups in total. The second-order valence-electron chi connectivity index (χ2n) is 8.37. The molecule has 0 radical (unpaired) electrons. The van der Waals surface area contributed by atoms with Crippen LogP contribution in [-0.2, 0) is 16.1 Å². The Labute approximate surface area is 201 Å². The van der Waals surface area contributed by atoms with E-state index in [1.807, 2.05) is 41.8 Å². The fourth-order valence-electron chi connectivity index (χ4n) is 3.70. The number of hydrogen-bond acceptors (Lipinski definition) is 5. The molecule has 2 aromatic carbocycles. The van der Waals surface area contributed by atoms with Gasteiger partial charge < -0.3 is 5.32 Å². The fraction of sp³-hybridized carbons (Fsp3) is 0.280. The maximum Gasteiger partial charge on any atom is 0.249 e. The van der Waals surface area contributed by atoms with E-state index in [9.17, 15) is 14.0 Å². The highest BCUT2D eigenvalue weighted by Crippen LogP contribution is 2.31. The van der Waals surface area contributed by atoms with E-state index in [2.05, 4.69) is 29.5 Å². The number of halogens is 1. The quantitative estimate of drug-likeness (QED) is 0.381. The monoisotopic (exact) mass is 479 g/mol. The number of fused-ring (bicyclic) bond motifs is 1. The molecule has 9 heteroatoms. The van der Waals surface area contributed by atoms with Gasteiger partial charge in [-0.15, -0.1) is 16.4 Å². The number of para-hydroxylation sites is 1. The van der Waals surface area contributed by atoms with Crippen LogP contribution in [-0.4, -0.2) is 33.4 Å². The van der Waals surface area contributed by atoms with E-state index in [4.69, 9.17) is 0 Å². The number of nitrogens with one attached hydrogen (secondary N) is 1. The van der Waals surface area contributed by atoms with E-state index >= 15 is 0 Å². The summed E-state index contributed by atoms with van der Waals surface area (Å²) in [7, 11) is 0. The highest BCUT2D eigenvalue weighted by Gasteiger charge is 2.34. The number of amides is 2. The average molecular weight is 480 g/mol. The third-order valence-corrected chi connectivity index (χ3v) is 6.33. The third-order valence-electron chi connectivity index (χ3n) is 5.40. The first-order valence-corrected chi connectivity index (χ1v) is 12.0. The van der Waals surface area contributed by atoms with Gasteiger partial charge in [-0.05, 0) is 54.1 Å². The molecule has 0 spiro atoms. The van der Waals surface area contributed by atoms with Gasteiger partial charge in [-0.25, -0.2) is 9.07 Å². The fourth-order valence-corrected chi connectivity index (χ4v) is 4.52. The SMILES string of the molecule is CC(C)CCNC(=O)[C@@H](c1cccs1)N(C(=O)Cn1nnc2ccccc21)c1cccc(F)c1. The molecule has 2 heterocycles. The first-order valence-electron chi connectivity index (χ1n) is 11.1. The number of rotatable bonds is 9. The van der Waals surface area contributed by atoms with Crippen LogP contribution in [0.1, 0.15) is 31.2 Å². The Morgan fingerprint density at radius 1 is 1.12 bits per heavy atom. The Hall–Kier alpha value is -3.59. The molecular formula is C25H26FN5O2S. The van der Waals surface area contributed by atoms with Crippen LogP contribution in [0, 0.1) is 11.7 Å². The maximum atomic E-state index is 14.2. The zero-order valence-electron chi connectivity index (χ0n) is 19.0. The second-order valence-corrected chi connectivity index (χ2v) is 9.35. The predicted molar refractivity (Wildman–Crippen MR) is 131 cm³/mol. The summed E-state index contributed by atoms with van der Waals surface area (Å²) < 4.78 is 15.7. The smallest absolute Gasteiger partial charge is 0.249 e. The molecule has 2 amide bonds. The number of hydrogen-bond donors (Lipinski definition) is 1. The van der Waals surface area contributed by atoms with Crippen molar-refractivity contribution in [2.75, 3.05) is 11.4 Å². The van der Waals surface area contributed by atoms with E-state index in [-0.39, 0.29) is 12.5 Å². The van der Waals surface area contributed by atoms with Gasteiger partial charge in [0.05, 0.1) is 5.52 Å². The van der Waals surface area contributed by atoms with Crippen LogP contribution in [0.3, 0.4) is 0 Å². The van der Waals surface area contributed by atoms with E-state index in [0.29, 0.717) is 34.1 Å². The molecule has 0 aliphatic heterocycles. The number of carbonyl (C=O) groups is 2. The van der Waals surface area contributed by atoms with Crippen LogP contribution < -0.4 is 10.2 Å². The molecule has 0 bridgehead atoms. The summed E-state index contributed by atoms with van der Waals surface area (Å²) >= 11 is 1.37. The van der Waals surface area contributed by atoms with Crippen molar-refractivity contribution in [1.29, 1.82) is 0 Å². The minimum Gasteiger partial charge on any atom is -0.354 e. The summed E-state index contributed by atoms with van der Waals surface area (Å²) in [5.41, 5.74) is 1.66. The van der Waals surface area contributed by atoms with Crippen molar-refractivity contribution >= 4 is 39.9 Å². The van der Waals surface area contributed by atoms with Gasteiger partial charge in [-0.2, -0.15) is 0 Å². The minimum absolute atomic E-state index is 0.155. The van der Waals surface area contributed by atoms with Crippen molar-refractivity contribution in [1.82, 2.24) is 20.3 Å². The van der Waals surface area contributed by atoms with Crippen molar-refractivity contribution in [2.24, 2.45) is 5.92 Å². The molecule has 2 aromatic heterocycles. The highest BCUT2D eigenvalue weighted by atomic mass is 32.1. The number of nitrogens with zero attached hydrogens (tertiary/aromatic N) is 4. The molecule has 0 fully saturated rings. The topological polar surface area (TPSA) is 80.1 Å². The molecular weight excluding hydrogens is 453 g/mol. The molecule has 0 aliphatic rings. The largest absolute Gasteiger partial charge is 0.354 e. The van der Waals surface area contributed by atoms with Crippen LogP contribution in [0.4, 0.5) is 10.1 Å². The highest BCUT2D eigenvalue weighted by molar-refractivity contribution is 7.10. The summed E-state index contributed by atoms with van der Waals surface area (Å²) in [6.07, 6.45) is 0.807. The molecule has 1 atom stereocenters. The third kappa shape index (κ3) is 5.31. The lowest BCUT2D eigenvalue weighted by molar-refractivity contribution is -0.126. The lowest BCUT2D eigenvalue weighted by Crippen LogP contribution is -2.45. The van der Waals surface area contributed by atoms with Gasteiger partial charge >= 0.3 is 0 Å². The van der Waals surface area contributed by atoms with Crippen molar-refractivity contribution in [3.8, 4) is 0 Å². The van der Waals surface area contributed by atoms with Crippen molar-refractivity contribution in [3.05, 3.63) is 76.7 Å². The molecule has 0 aliphatic carbocycles. The van der Waals surface area contributed by atoms with E-state index in [1.54, 1.807) is 6.07 Å². The summed E-state index contributed by atoms with van der Waals surface area (Å²) in [6, 6.07) is 15.7. The molecule has 7 nitrogen and oxygen atoms in total. The average Bonchev–Trinajstić information content (AvgIpc) is 3.47. The lowest BCUT2D eigenvalue weighted by Gasteiger charge is -2.30. The van der Waals surface area contributed by atoms with Gasteiger partial charge in [-0.1, -0.05) is 43.3 Å². The van der Waals surface area contributed by atoms with Crippen molar-refractivity contribution < 1.29 is 14.0 Å². The molecule has 176 valence electrons. The van der Waals surface area contributed by atoms with Crippen molar-refractivity contribution in [2.45, 2.75) is 32.9 Å². The summed E-state index contributed by atoms with van der Waals surface area (Å²) in [5, 5.41) is 13.0. The maximum absolute atomic E-state index is 14.2. The van der Waals surface area contributed by atoms with Gasteiger partial charge in [0.2, 0.25) is 11.8 Å². The van der Waals surface area contributed by atoms with Gasteiger partial charge in [0.15, 0.2) is 0 Å². The predicted octanol–water partition coefficient (Wildman–Crippen LogP) is 4.57. The molecule has 0 saturated heterocycles. The van der Waals surface area contributed by atoms with Gasteiger partial charge in [0.1, 0.15) is 23.9 Å². The normalized spacial score (nSPS) is 12.1. The molecule has 0 saturated carbocycles. The van der Waals surface area contributed by atoms with E-state index < -0.39 is 17.8 Å². The van der Waals surface area contributed by atoms with E-state index in [0.717, 1.165) is 6.42 Å². The Morgan fingerprint density at radius 3 is 2.68 bits per heavy atom. The second kappa shape index (κ2) is 10.6. The molecule has 4 rings (SSSR count). The number of carbonyl (C=O) groups excluding carboxylic acids is 2. The Kier molecular flexibility index (Phi) is 7.32. The minimum atomic E-state index is -0.948. The van der Waals surface area contributed by atoms with Crippen LogP contribution in [0.15, 0.2) is 66.0 Å². The summed E-state index contributed by atoms with van der Waals surface area (Å²) in [6.45, 7) is 4.48.